The smallest absolute Gasteiger partial charge is 0.305 e. The molecule has 2 N–H and O–H groups in total. The van der Waals surface area contributed by atoms with E-state index in [1.165, 1.54) is 12.1 Å². The van der Waals surface area contributed by atoms with Crippen LogP contribution in [0.5, 0.6) is 0 Å². The van der Waals surface area contributed by atoms with Crippen molar-refractivity contribution >= 4 is 5.69 Å². The number of aliphatic hydroxyl groups is 1. The van der Waals surface area contributed by atoms with E-state index in [4.69, 9.17) is 5.11 Å². The molecule has 0 unspecified atom stereocenters. The molecule has 6 heteroatoms. The molecule has 0 amide bonds. The molecule has 0 aliphatic rings. The van der Waals surface area contributed by atoms with Crippen LogP contribution in [0, 0.1) is 15.9 Å². The Labute approximate surface area is 85.7 Å². The Hall–Kier alpha value is -1.53. The highest BCUT2D eigenvalue weighted by Gasteiger charge is 2.16. The molecule has 0 heterocycles. The van der Waals surface area contributed by atoms with Gasteiger partial charge in [0.15, 0.2) is 0 Å². The van der Waals surface area contributed by atoms with Crippen LogP contribution in [0.25, 0.3) is 0 Å². The van der Waals surface area contributed by atoms with Gasteiger partial charge in [-0.15, -0.1) is 0 Å². The summed E-state index contributed by atoms with van der Waals surface area (Å²) in [6.45, 7) is 0.423. The molecule has 0 aliphatic heterocycles. The van der Waals surface area contributed by atoms with E-state index >= 15 is 0 Å². The van der Waals surface area contributed by atoms with E-state index in [1.807, 2.05) is 0 Å². The summed E-state index contributed by atoms with van der Waals surface area (Å²) in [7, 11) is 0. The molecule has 0 fully saturated rings. The van der Waals surface area contributed by atoms with Crippen molar-refractivity contribution in [3.8, 4) is 0 Å². The van der Waals surface area contributed by atoms with E-state index in [1.54, 1.807) is 0 Å². The fraction of sp³-hybridized carbons (Fsp3) is 0.333. The number of nitro benzene ring substituents is 1. The zero-order valence-electron chi connectivity index (χ0n) is 7.94. The molecule has 1 aromatic rings. The Morgan fingerprint density at radius 3 is 2.87 bits per heavy atom. The molecule has 0 saturated carbocycles. The maximum atomic E-state index is 13.4. The Balaban J connectivity index is 2.80. The Morgan fingerprint density at radius 1 is 1.53 bits per heavy atom. The second-order valence-corrected chi connectivity index (χ2v) is 2.91. The van der Waals surface area contributed by atoms with Crippen LogP contribution in [0.3, 0.4) is 0 Å². The number of benzene rings is 1. The summed E-state index contributed by atoms with van der Waals surface area (Å²) in [5, 5.41) is 21.6. The Kier molecular flexibility index (Phi) is 4.14. The number of rotatable bonds is 5. The molecule has 1 aromatic carbocycles. The first-order valence-corrected chi connectivity index (χ1v) is 4.40. The average molecular weight is 214 g/mol. The quantitative estimate of drug-likeness (QED) is 0.432. The summed E-state index contributed by atoms with van der Waals surface area (Å²) >= 11 is 0. The zero-order valence-corrected chi connectivity index (χ0v) is 7.94. The number of hydrogen-bond donors (Lipinski definition) is 2. The van der Waals surface area contributed by atoms with Gasteiger partial charge in [-0.2, -0.15) is 4.39 Å². The van der Waals surface area contributed by atoms with Gasteiger partial charge in [0.25, 0.3) is 0 Å². The highest BCUT2D eigenvalue weighted by molar-refractivity contribution is 5.36. The summed E-state index contributed by atoms with van der Waals surface area (Å²) in [5.41, 5.74) is -0.309. The van der Waals surface area contributed by atoms with Gasteiger partial charge >= 0.3 is 5.69 Å². The van der Waals surface area contributed by atoms with Gasteiger partial charge in [0.2, 0.25) is 5.82 Å². The van der Waals surface area contributed by atoms with Crippen LogP contribution in [0.1, 0.15) is 5.56 Å². The van der Waals surface area contributed by atoms with Gasteiger partial charge in [-0.3, -0.25) is 10.1 Å². The maximum Gasteiger partial charge on any atom is 0.305 e. The van der Waals surface area contributed by atoms with Gasteiger partial charge in [0.05, 0.1) is 11.5 Å². The molecule has 0 aromatic heterocycles. The van der Waals surface area contributed by atoms with Gasteiger partial charge in [0.1, 0.15) is 0 Å². The number of nitro groups is 1. The van der Waals surface area contributed by atoms with Crippen LogP contribution in [0.15, 0.2) is 18.2 Å². The minimum Gasteiger partial charge on any atom is -0.395 e. The molecule has 5 nitrogen and oxygen atoms in total. The first kappa shape index (κ1) is 11.5. The second-order valence-electron chi connectivity index (χ2n) is 2.91. The number of halogens is 1. The number of hydrogen-bond acceptors (Lipinski definition) is 4. The van der Waals surface area contributed by atoms with E-state index in [2.05, 4.69) is 5.32 Å². The highest BCUT2D eigenvalue weighted by Crippen LogP contribution is 2.19. The number of nitrogens with one attached hydrogen (secondary N) is 1. The van der Waals surface area contributed by atoms with Gasteiger partial charge < -0.3 is 10.4 Å². The first-order chi connectivity index (χ1) is 7.16. The normalized spacial score (nSPS) is 10.3. The lowest BCUT2D eigenvalue weighted by molar-refractivity contribution is -0.387. The predicted molar refractivity (Wildman–Crippen MR) is 51.8 cm³/mol. The fourth-order valence-electron chi connectivity index (χ4n) is 1.15. The molecule has 0 saturated heterocycles. The monoisotopic (exact) mass is 214 g/mol. The number of nitrogens with zero attached hydrogens (tertiary/aromatic N) is 1. The summed E-state index contributed by atoms with van der Waals surface area (Å²) in [6.07, 6.45) is 0. The van der Waals surface area contributed by atoms with Crippen molar-refractivity contribution < 1.29 is 14.4 Å². The van der Waals surface area contributed by atoms with Gasteiger partial charge in [0, 0.05) is 24.7 Å². The van der Waals surface area contributed by atoms with Crippen molar-refractivity contribution in [1.82, 2.24) is 5.32 Å². The summed E-state index contributed by atoms with van der Waals surface area (Å²) in [6, 6.07) is 4.01. The van der Waals surface area contributed by atoms with Crippen molar-refractivity contribution in [3.05, 3.63) is 39.7 Å². The molecule has 0 atom stereocenters. The van der Waals surface area contributed by atoms with Crippen LogP contribution in [0.4, 0.5) is 10.1 Å². The molecule has 0 aliphatic carbocycles. The minimum absolute atomic E-state index is 0.0590. The zero-order chi connectivity index (χ0) is 11.3. The van der Waals surface area contributed by atoms with Crippen LogP contribution in [-0.4, -0.2) is 23.2 Å². The van der Waals surface area contributed by atoms with Crippen LogP contribution >= 0.6 is 0 Å². The van der Waals surface area contributed by atoms with Crippen LogP contribution in [0.2, 0.25) is 0 Å². The lowest BCUT2D eigenvalue weighted by Crippen LogP contribution is -2.18. The molecule has 0 spiro atoms. The average Bonchev–Trinajstić information content (AvgIpc) is 2.20. The topological polar surface area (TPSA) is 75.4 Å². The Morgan fingerprint density at radius 2 is 2.27 bits per heavy atom. The lowest BCUT2D eigenvalue weighted by atomic mass is 10.2. The molecule has 0 bridgehead atoms. The highest BCUT2D eigenvalue weighted by atomic mass is 19.1. The van der Waals surface area contributed by atoms with Crippen molar-refractivity contribution in [2.45, 2.75) is 6.54 Å². The largest absolute Gasteiger partial charge is 0.395 e. The van der Waals surface area contributed by atoms with Crippen molar-refractivity contribution in [2.75, 3.05) is 13.2 Å². The van der Waals surface area contributed by atoms with E-state index < -0.39 is 16.4 Å². The molecular weight excluding hydrogens is 203 g/mol. The predicted octanol–water partition coefficient (Wildman–Crippen LogP) is 0.816. The summed E-state index contributed by atoms with van der Waals surface area (Å²) < 4.78 is 13.4. The Bertz CT molecular complexity index is 357. The molecular formula is C9H11FN2O3. The van der Waals surface area contributed by atoms with Crippen molar-refractivity contribution in [2.24, 2.45) is 0 Å². The van der Waals surface area contributed by atoms with E-state index in [0.717, 1.165) is 6.07 Å². The fourth-order valence-corrected chi connectivity index (χ4v) is 1.15. The standard InChI is InChI=1S/C9H11FN2O3/c10-9-7(6-11-4-5-13)2-1-3-8(9)12(14)15/h1-3,11,13H,4-6H2. The maximum absolute atomic E-state index is 13.4. The third-order valence-corrected chi connectivity index (χ3v) is 1.86. The van der Waals surface area contributed by atoms with Crippen LogP contribution < -0.4 is 5.32 Å². The molecule has 15 heavy (non-hydrogen) atoms. The van der Waals surface area contributed by atoms with Crippen molar-refractivity contribution in [1.29, 1.82) is 0 Å². The lowest BCUT2D eigenvalue weighted by Gasteiger charge is -2.04. The van der Waals surface area contributed by atoms with Gasteiger partial charge in [-0.05, 0) is 0 Å². The van der Waals surface area contributed by atoms with Crippen molar-refractivity contribution in [3.63, 3.8) is 0 Å². The molecule has 0 radical (unpaired) electrons. The summed E-state index contributed by atoms with van der Waals surface area (Å²) in [4.78, 5) is 9.65. The van der Waals surface area contributed by atoms with Crippen LogP contribution in [-0.2, 0) is 6.54 Å². The minimum atomic E-state index is -0.826. The number of aliphatic hydroxyl groups excluding tert-OH is 1. The molecule has 82 valence electrons. The van der Waals surface area contributed by atoms with E-state index in [9.17, 15) is 14.5 Å². The third kappa shape index (κ3) is 2.97. The van der Waals surface area contributed by atoms with E-state index in [0.29, 0.717) is 6.54 Å². The molecule has 1 rings (SSSR count). The third-order valence-electron chi connectivity index (χ3n) is 1.86. The second kappa shape index (κ2) is 5.38. The van der Waals surface area contributed by atoms with Gasteiger partial charge in [-0.25, -0.2) is 0 Å². The summed E-state index contributed by atoms with van der Waals surface area (Å²) in [5.74, 6) is -0.826. The SMILES string of the molecule is O=[N+]([O-])c1cccc(CNCCO)c1F. The first-order valence-electron chi connectivity index (χ1n) is 4.40. The van der Waals surface area contributed by atoms with Gasteiger partial charge in [-0.1, -0.05) is 12.1 Å². The van der Waals surface area contributed by atoms with E-state index in [-0.39, 0.29) is 18.7 Å².